The van der Waals surface area contributed by atoms with Gasteiger partial charge >= 0.3 is 0 Å². The fourth-order valence-corrected chi connectivity index (χ4v) is 5.82. The molecule has 26 heavy (non-hydrogen) atoms. The van der Waals surface area contributed by atoms with Crippen molar-refractivity contribution in [3.05, 3.63) is 35.9 Å². The topological polar surface area (TPSA) is 68.1 Å². The second kappa shape index (κ2) is 7.29. The highest BCUT2D eigenvalue weighted by atomic mass is 35.5. The van der Waals surface area contributed by atoms with Gasteiger partial charge in [-0.3, -0.25) is 4.98 Å². The average molecular weight is 395 g/mol. The van der Waals surface area contributed by atoms with Gasteiger partial charge in [-0.2, -0.15) is 0 Å². The standard InChI is InChI=1S/C18H23ClN4O2S/c19-17-13-20-6-1-16(17)18-21-7-10-23(18)15-2-8-22(9-3-15)14-4-11-26(24,25)12-5-14/h1,6-7,10,13-15H,2-5,8-9,11-12H2. The maximum Gasteiger partial charge on any atom is 0.150 e. The van der Waals surface area contributed by atoms with E-state index in [0.29, 0.717) is 28.6 Å². The number of piperidine rings is 1. The summed E-state index contributed by atoms with van der Waals surface area (Å²) in [4.78, 5) is 11.0. The molecule has 2 fully saturated rings. The van der Waals surface area contributed by atoms with Crippen molar-refractivity contribution >= 4 is 21.4 Å². The first-order valence-corrected chi connectivity index (χ1v) is 11.3. The molecule has 6 nitrogen and oxygen atoms in total. The molecule has 2 saturated heterocycles. The van der Waals surface area contributed by atoms with Crippen LogP contribution < -0.4 is 0 Å². The Hall–Kier alpha value is -1.44. The van der Waals surface area contributed by atoms with Gasteiger partial charge in [-0.1, -0.05) is 11.6 Å². The molecule has 8 heteroatoms. The van der Waals surface area contributed by atoms with Crippen LogP contribution in [-0.4, -0.2) is 58.5 Å². The number of likely N-dealkylation sites (tertiary alicyclic amines) is 1. The van der Waals surface area contributed by atoms with Crippen LogP contribution in [-0.2, 0) is 9.84 Å². The molecule has 0 unspecified atom stereocenters. The lowest BCUT2D eigenvalue weighted by atomic mass is 10.00. The number of halogens is 1. The highest BCUT2D eigenvalue weighted by molar-refractivity contribution is 7.91. The number of imidazole rings is 1. The molecule has 0 spiro atoms. The first-order valence-electron chi connectivity index (χ1n) is 9.11. The van der Waals surface area contributed by atoms with Crippen LogP contribution in [0.25, 0.3) is 11.4 Å². The maximum atomic E-state index is 11.6. The Bertz CT molecular complexity index is 861. The predicted octanol–water partition coefficient (Wildman–Crippen LogP) is 2.81. The summed E-state index contributed by atoms with van der Waals surface area (Å²) >= 11 is 6.30. The first-order chi connectivity index (χ1) is 12.5. The Morgan fingerprint density at radius 2 is 1.77 bits per heavy atom. The number of rotatable bonds is 3. The molecule has 0 aliphatic carbocycles. The number of nitrogens with zero attached hydrogens (tertiary/aromatic N) is 4. The zero-order chi connectivity index (χ0) is 18.1. The molecule has 2 aliphatic heterocycles. The molecule has 140 valence electrons. The number of pyridine rings is 1. The largest absolute Gasteiger partial charge is 0.328 e. The molecule has 4 heterocycles. The lowest BCUT2D eigenvalue weighted by Crippen LogP contribution is -2.45. The molecule has 0 atom stereocenters. The van der Waals surface area contributed by atoms with E-state index in [1.54, 1.807) is 12.4 Å². The minimum Gasteiger partial charge on any atom is -0.328 e. The van der Waals surface area contributed by atoms with Crippen molar-refractivity contribution in [2.24, 2.45) is 0 Å². The predicted molar refractivity (Wildman–Crippen MR) is 102 cm³/mol. The van der Waals surface area contributed by atoms with E-state index in [1.807, 2.05) is 18.5 Å². The van der Waals surface area contributed by atoms with Crippen molar-refractivity contribution in [1.29, 1.82) is 0 Å². The third-order valence-corrected chi connectivity index (χ3v) is 7.63. The van der Waals surface area contributed by atoms with E-state index in [2.05, 4.69) is 19.4 Å². The number of hydrogen-bond donors (Lipinski definition) is 0. The number of aromatic nitrogens is 3. The van der Waals surface area contributed by atoms with Crippen LogP contribution in [0.2, 0.25) is 5.02 Å². The van der Waals surface area contributed by atoms with Gasteiger partial charge < -0.3 is 9.47 Å². The zero-order valence-electron chi connectivity index (χ0n) is 14.6. The molecule has 0 bridgehead atoms. The normalized spacial score (nSPS) is 22.5. The van der Waals surface area contributed by atoms with Gasteiger partial charge in [0.05, 0.1) is 16.5 Å². The summed E-state index contributed by atoms with van der Waals surface area (Å²) in [5, 5.41) is 0.612. The summed E-state index contributed by atoms with van der Waals surface area (Å²) in [6.45, 7) is 1.99. The van der Waals surface area contributed by atoms with Crippen molar-refractivity contribution in [1.82, 2.24) is 19.4 Å². The van der Waals surface area contributed by atoms with Crippen LogP contribution in [0.1, 0.15) is 31.7 Å². The van der Waals surface area contributed by atoms with Crippen LogP contribution in [0.15, 0.2) is 30.9 Å². The van der Waals surface area contributed by atoms with E-state index >= 15 is 0 Å². The Morgan fingerprint density at radius 1 is 1.04 bits per heavy atom. The van der Waals surface area contributed by atoms with Gasteiger partial charge in [0.1, 0.15) is 15.7 Å². The monoisotopic (exact) mass is 394 g/mol. The minimum atomic E-state index is -2.80. The summed E-state index contributed by atoms with van der Waals surface area (Å²) in [5.74, 6) is 1.56. The van der Waals surface area contributed by atoms with E-state index < -0.39 is 9.84 Å². The van der Waals surface area contributed by atoms with E-state index in [4.69, 9.17) is 11.6 Å². The van der Waals surface area contributed by atoms with Crippen molar-refractivity contribution in [2.45, 2.75) is 37.8 Å². The van der Waals surface area contributed by atoms with Crippen molar-refractivity contribution in [3.63, 3.8) is 0 Å². The van der Waals surface area contributed by atoms with Crippen LogP contribution in [0.5, 0.6) is 0 Å². The highest BCUT2D eigenvalue weighted by Gasteiger charge is 2.31. The molecule has 0 radical (unpaired) electrons. The van der Waals surface area contributed by atoms with Gasteiger partial charge in [0.2, 0.25) is 0 Å². The van der Waals surface area contributed by atoms with Crippen molar-refractivity contribution in [3.8, 4) is 11.4 Å². The zero-order valence-corrected chi connectivity index (χ0v) is 16.2. The van der Waals surface area contributed by atoms with Crippen LogP contribution in [0, 0.1) is 0 Å². The fourth-order valence-electron chi connectivity index (χ4n) is 4.14. The first kappa shape index (κ1) is 17.9. The molecule has 0 amide bonds. The quantitative estimate of drug-likeness (QED) is 0.800. The third-order valence-electron chi connectivity index (χ3n) is 5.62. The van der Waals surface area contributed by atoms with Gasteiger partial charge in [0.15, 0.2) is 0 Å². The van der Waals surface area contributed by atoms with Gasteiger partial charge in [-0.25, -0.2) is 13.4 Å². The maximum absolute atomic E-state index is 11.6. The molecule has 0 saturated carbocycles. The summed E-state index contributed by atoms with van der Waals surface area (Å²) in [6, 6.07) is 2.70. The molecular weight excluding hydrogens is 372 g/mol. The van der Waals surface area contributed by atoms with Crippen LogP contribution in [0.3, 0.4) is 0 Å². The van der Waals surface area contributed by atoms with Crippen molar-refractivity contribution in [2.75, 3.05) is 24.6 Å². The third kappa shape index (κ3) is 3.66. The highest BCUT2D eigenvalue weighted by Crippen LogP contribution is 2.32. The van der Waals surface area contributed by atoms with Gasteiger partial charge in [0.25, 0.3) is 0 Å². The average Bonchev–Trinajstić information content (AvgIpc) is 3.12. The fraction of sp³-hybridized carbons (Fsp3) is 0.556. The number of sulfone groups is 1. The molecule has 2 aromatic rings. The molecule has 2 aromatic heterocycles. The van der Waals surface area contributed by atoms with Gasteiger partial charge in [0, 0.05) is 55.5 Å². The second-order valence-electron chi connectivity index (χ2n) is 7.16. The van der Waals surface area contributed by atoms with Crippen LogP contribution >= 0.6 is 11.6 Å². The summed E-state index contributed by atoms with van der Waals surface area (Å²) in [6.07, 6.45) is 10.9. The Balaban J connectivity index is 1.43. The Kier molecular flexibility index (Phi) is 5.03. The van der Waals surface area contributed by atoms with Crippen LogP contribution in [0.4, 0.5) is 0 Å². The van der Waals surface area contributed by atoms with Gasteiger partial charge in [-0.05, 0) is 31.7 Å². The summed E-state index contributed by atoms with van der Waals surface area (Å²) in [7, 11) is -2.80. The van der Waals surface area contributed by atoms with E-state index in [1.165, 1.54) is 0 Å². The lowest BCUT2D eigenvalue weighted by Gasteiger charge is -2.39. The second-order valence-corrected chi connectivity index (χ2v) is 9.87. The molecule has 2 aliphatic rings. The minimum absolute atomic E-state index is 0.337. The van der Waals surface area contributed by atoms with E-state index in [9.17, 15) is 8.42 Å². The molecule has 0 N–H and O–H groups in total. The van der Waals surface area contributed by atoms with E-state index in [0.717, 1.165) is 50.2 Å². The molecular formula is C18H23ClN4O2S. The van der Waals surface area contributed by atoms with E-state index in [-0.39, 0.29) is 0 Å². The Morgan fingerprint density at radius 3 is 2.46 bits per heavy atom. The Labute approximate surface area is 159 Å². The smallest absolute Gasteiger partial charge is 0.150 e. The molecule has 0 aromatic carbocycles. The van der Waals surface area contributed by atoms with Gasteiger partial charge in [-0.15, -0.1) is 0 Å². The lowest BCUT2D eigenvalue weighted by molar-refractivity contribution is 0.127. The summed E-state index contributed by atoms with van der Waals surface area (Å²) in [5.41, 5.74) is 0.909. The number of hydrogen-bond acceptors (Lipinski definition) is 5. The SMILES string of the molecule is O=S1(=O)CCC(N2CCC(n3ccnc3-c3ccncc3Cl)CC2)CC1. The summed E-state index contributed by atoms with van der Waals surface area (Å²) < 4.78 is 25.5. The van der Waals surface area contributed by atoms with Crippen molar-refractivity contribution < 1.29 is 8.42 Å². The molecule has 4 rings (SSSR count).